The fourth-order valence-corrected chi connectivity index (χ4v) is 3.92. The van der Waals surface area contributed by atoms with E-state index in [2.05, 4.69) is 0 Å². The monoisotopic (exact) mass is 410 g/mol. The minimum Gasteiger partial charge on any atom is -0.374 e. The molecule has 0 aromatic heterocycles. The van der Waals surface area contributed by atoms with Crippen molar-refractivity contribution in [1.29, 1.82) is 0 Å². The molecule has 0 radical (unpaired) electrons. The van der Waals surface area contributed by atoms with Gasteiger partial charge < -0.3 is 18.9 Å². The van der Waals surface area contributed by atoms with Crippen molar-refractivity contribution in [2.75, 3.05) is 6.61 Å². The Kier molecular flexibility index (Phi) is 6.34. The normalized spacial score (nSPS) is 28.0. The summed E-state index contributed by atoms with van der Waals surface area (Å²) in [5, 5.41) is 0. The molecule has 2 fully saturated rings. The van der Waals surface area contributed by atoms with E-state index in [1.54, 1.807) is 0 Å². The van der Waals surface area contributed by atoms with Crippen LogP contribution in [0, 0.1) is 5.41 Å². The van der Waals surface area contributed by atoms with Crippen LogP contribution in [0.5, 0.6) is 0 Å². The first-order valence-corrected chi connectivity index (χ1v) is 10.6. The standard InChI is InChI=1S/C25H30O5/c1-25(2,3)24(26)23-22-21(30-23)20(28-15-18-12-8-5-9-13-18)19(29-22)16-27-14-17-10-6-4-7-11-17/h4-13,19-23H,14-16H2,1-3H3/t19-,20+,21-,22+,23+/m1/s1. The second-order valence-electron chi connectivity index (χ2n) is 9.04. The van der Waals surface area contributed by atoms with Crippen molar-refractivity contribution >= 4 is 5.78 Å². The maximum atomic E-state index is 12.7. The SMILES string of the molecule is CC(C)(C)C(=O)[C@H]1O[C@@H]2[C@@H](OCc3ccccc3)[C@@H](COCc3ccccc3)O[C@@H]21. The van der Waals surface area contributed by atoms with E-state index in [0.717, 1.165) is 11.1 Å². The molecule has 2 aromatic rings. The zero-order valence-electron chi connectivity index (χ0n) is 17.8. The number of carbonyl (C=O) groups excluding carboxylic acids is 1. The lowest BCUT2D eigenvalue weighted by molar-refractivity contribution is -0.219. The van der Waals surface area contributed by atoms with Crippen LogP contribution in [0.15, 0.2) is 60.7 Å². The molecule has 0 N–H and O–H groups in total. The summed E-state index contributed by atoms with van der Waals surface area (Å²) in [6.45, 7) is 7.09. The number of ketones is 1. The fourth-order valence-electron chi connectivity index (χ4n) is 3.92. The van der Waals surface area contributed by atoms with Crippen LogP contribution in [0.25, 0.3) is 0 Å². The number of rotatable bonds is 8. The van der Waals surface area contributed by atoms with Crippen molar-refractivity contribution in [3.63, 3.8) is 0 Å². The van der Waals surface area contributed by atoms with Gasteiger partial charge in [-0.3, -0.25) is 4.79 Å². The third-order valence-electron chi connectivity index (χ3n) is 5.62. The molecular weight excluding hydrogens is 380 g/mol. The van der Waals surface area contributed by atoms with E-state index < -0.39 is 11.5 Å². The summed E-state index contributed by atoms with van der Waals surface area (Å²) in [7, 11) is 0. The highest BCUT2D eigenvalue weighted by Gasteiger charge is 2.60. The second kappa shape index (κ2) is 8.98. The Morgan fingerprint density at radius 2 is 1.47 bits per heavy atom. The summed E-state index contributed by atoms with van der Waals surface area (Å²) in [5.74, 6) is 0.0661. The van der Waals surface area contributed by atoms with Gasteiger partial charge in [0, 0.05) is 5.41 Å². The van der Waals surface area contributed by atoms with E-state index in [9.17, 15) is 4.79 Å². The first-order valence-electron chi connectivity index (χ1n) is 10.6. The third kappa shape index (κ3) is 4.65. The van der Waals surface area contributed by atoms with Crippen molar-refractivity contribution in [3.8, 4) is 0 Å². The van der Waals surface area contributed by atoms with Crippen molar-refractivity contribution in [2.24, 2.45) is 5.41 Å². The first kappa shape index (κ1) is 21.2. The fraction of sp³-hybridized carbons (Fsp3) is 0.480. The van der Waals surface area contributed by atoms with Gasteiger partial charge in [0.2, 0.25) is 0 Å². The zero-order valence-corrected chi connectivity index (χ0v) is 17.8. The molecule has 2 heterocycles. The van der Waals surface area contributed by atoms with Crippen LogP contribution in [0.1, 0.15) is 31.9 Å². The van der Waals surface area contributed by atoms with Crippen LogP contribution in [0.2, 0.25) is 0 Å². The van der Waals surface area contributed by atoms with Crippen LogP contribution in [-0.2, 0) is 37.0 Å². The van der Waals surface area contributed by atoms with Crippen molar-refractivity contribution in [3.05, 3.63) is 71.8 Å². The predicted octanol–water partition coefficient (Wildman–Crippen LogP) is 3.94. The lowest BCUT2D eigenvalue weighted by Crippen LogP contribution is -2.60. The molecule has 0 amide bonds. The van der Waals surface area contributed by atoms with Crippen molar-refractivity contribution < 1.29 is 23.7 Å². The van der Waals surface area contributed by atoms with Gasteiger partial charge in [-0.25, -0.2) is 0 Å². The van der Waals surface area contributed by atoms with Gasteiger partial charge in [0.05, 0.1) is 19.8 Å². The predicted molar refractivity (Wildman–Crippen MR) is 113 cm³/mol. The summed E-state index contributed by atoms with van der Waals surface area (Å²) < 4.78 is 24.4. The largest absolute Gasteiger partial charge is 0.374 e. The van der Waals surface area contributed by atoms with E-state index >= 15 is 0 Å². The first-order chi connectivity index (χ1) is 14.4. The Labute approximate surface area is 178 Å². The molecule has 4 rings (SSSR count). The van der Waals surface area contributed by atoms with Gasteiger partial charge in [0.1, 0.15) is 30.5 Å². The molecule has 30 heavy (non-hydrogen) atoms. The summed E-state index contributed by atoms with van der Waals surface area (Å²) in [4.78, 5) is 12.7. The molecular formula is C25H30O5. The molecule has 0 unspecified atom stereocenters. The number of hydrogen-bond donors (Lipinski definition) is 0. The highest BCUT2D eigenvalue weighted by atomic mass is 16.7. The van der Waals surface area contributed by atoms with Crippen molar-refractivity contribution in [2.45, 2.75) is 64.5 Å². The highest BCUT2D eigenvalue weighted by Crippen LogP contribution is 2.41. The second-order valence-corrected chi connectivity index (χ2v) is 9.04. The Balaban J connectivity index is 1.40. The molecule has 0 bridgehead atoms. The van der Waals surface area contributed by atoms with Crippen LogP contribution < -0.4 is 0 Å². The van der Waals surface area contributed by atoms with E-state index in [1.165, 1.54) is 0 Å². The van der Waals surface area contributed by atoms with Crippen LogP contribution in [0.3, 0.4) is 0 Å². The van der Waals surface area contributed by atoms with E-state index in [4.69, 9.17) is 18.9 Å². The molecule has 5 nitrogen and oxygen atoms in total. The topological polar surface area (TPSA) is 54.0 Å². The molecule has 2 aliphatic rings. The van der Waals surface area contributed by atoms with Crippen LogP contribution in [0.4, 0.5) is 0 Å². The minimum atomic E-state index is -0.531. The van der Waals surface area contributed by atoms with Gasteiger partial charge >= 0.3 is 0 Å². The molecule has 160 valence electrons. The third-order valence-corrected chi connectivity index (χ3v) is 5.62. The Hall–Kier alpha value is -2.05. The summed E-state index contributed by atoms with van der Waals surface area (Å²) in [6.07, 6.45) is -1.59. The minimum absolute atomic E-state index is 0.0661. The smallest absolute Gasteiger partial charge is 0.169 e. The number of Topliss-reactive ketones (excluding diaryl/α,β-unsaturated/α-hetero) is 1. The summed E-state index contributed by atoms with van der Waals surface area (Å²) in [5.41, 5.74) is 1.73. The number of carbonyl (C=O) groups is 1. The van der Waals surface area contributed by atoms with E-state index in [1.807, 2.05) is 81.4 Å². The molecule has 5 heteroatoms. The quantitative estimate of drug-likeness (QED) is 0.660. The Bertz CT molecular complexity index is 830. The molecule has 5 atom stereocenters. The van der Waals surface area contributed by atoms with Gasteiger partial charge in [0.15, 0.2) is 5.78 Å². The molecule has 2 saturated heterocycles. The lowest BCUT2D eigenvalue weighted by atomic mass is 9.82. The Morgan fingerprint density at radius 1 is 0.867 bits per heavy atom. The van der Waals surface area contributed by atoms with E-state index in [0.29, 0.717) is 19.8 Å². The Morgan fingerprint density at radius 3 is 2.07 bits per heavy atom. The van der Waals surface area contributed by atoms with Gasteiger partial charge in [0.25, 0.3) is 0 Å². The summed E-state index contributed by atoms with van der Waals surface area (Å²) >= 11 is 0. The van der Waals surface area contributed by atoms with Gasteiger partial charge in [-0.2, -0.15) is 0 Å². The molecule has 2 aliphatic heterocycles. The van der Waals surface area contributed by atoms with Crippen LogP contribution >= 0.6 is 0 Å². The van der Waals surface area contributed by atoms with Crippen LogP contribution in [-0.4, -0.2) is 42.9 Å². The molecule has 0 saturated carbocycles. The average Bonchev–Trinajstić information content (AvgIpc) is 2.99. The number of benzene rings is 2. The lowest BCUT2D eigenvalue weighted by Gasteiger charge is -2.42. The zero-order chi connectivity index (χ0) is 21.1. The number of fused-ring (bicyclic) bond motifs is 1. The summed E-state index contributed by atoms with van der Waals surface area (Å²) in [6, 6.07) is 20.1. The van der Waals surface area contributed by atoms with E-state index in [-0.39, 0.29) is 30.2 Å². The number of hydrogen-bond acceptors (Lipinski definition) is 5. The maximum absolute atomic E-state index is 12.7. The molecule has 0 spiro atoms. The highest BCUT2D eigenvalue weighted by molar-refractivity contribution is 5.89. The van der Waals surface area contributed by atoms with Crippen molar-refractivity contribution in [1.82, 2.24) is 0 Å². The average molecular weight is 411 g/mol. The number of ether oxygens (including phenoxy) is 4. The van der Waals surface area contributed by atoms with Gasteiger partial charge in [-0.1, -0.05) is 81.4 Å². The maximum Gasteiger partial charge on any atom is 0.169 e. The van der Waals surface area contributed by atoms with Gasteiger partial charge in [-0.15, -0.1) is 0 Å². The molecule has 0 aliphatic carbocycles. The van der Waals surface area contributed by atoms with Gasteiger partial charge in [-0.05, 0) is 11.1 Å². The molecule has 2 aromatic carbocycles.